The van der Waals surface area contributed by atoms with E-state index in [1.54, 1.807) is 12.1 Å². The zero-order valence-corrected chi connectivity index (χ0v) is 26.9. The summed E-state index contributed by atoms with van der Waals surface area (Å²) in [6, 6.07) is 9.21. The number of nitrogens with one attached hydrogen (secondary N) is 4. The molecule has 2 aromatic carbocycles. The Morgan fingerprint density at radius 2 is 1.95 bits per heavy atom. The molecule has 0 radical (unpaired) electrons. The van der Waals surface area contributed by atoms with Gasteiger partial charge in [0.05, 0.1) is 42.5 Å². The van der Waals surface area contributed by atoms with Gasteiger partial charge in [-0.05, 0) is 66.3 Å². The Bertz CT molecular complexity index is 1530. The van der Waals surface area contributed by atoms with Gasteiger partial charge in [-0.3, -0.25) is 9.79 Å². The number of carbonyl (C=O) groups is 1. The molecule has 0 saturated carbocycles. The molecule has 4 rings (SSSR count). The maximum atomic E-state index is 13.6. The predicted molar refractivity (Wildman–Crippen MR) is 180 cm³/mol. The van der Waals surface area contributed by atoms with Crippen molar-refractivity contribution in [2.45, 2.75) is 45.6 Å². The summed E-state index contributed by atoms with van der Waals surface area (Å²) in [5.74, 6) is 0.942. The first kappa shape index (κ1) is 32.6. The highest BCUT2D eigenvalue weighted by Crippen LogP contribution is 2.39. The maximum absolute atomic E-state index is 13.6. The summed E-state index contributed by atoms with van der Waals surface area (Å²) in [6.45, 7) is 13.1. The molecule has 2 atom stereocenters. The van der Waals surface area contributed by atoms with Crippen molar-refractivity contribution in [2.24, 2.45) is 15.7 Å². The van der Waals surface area contributed by atoms with E-state index in [0.29, 0.717) is 58.8 Å². The van der Waals surface area contributed by atoms with E-state index in [2.05, 4.69) is 53.0 Å². The second-order valence-electron chi connectivity index (χ2n) is 11.5. The Morgan fingerprint density at radius 1 is 1.20 bits per heavy atom. The Labute approximate surface area is 262 Å². The zero-order valence-electron chi connectivity index (χ0n) is 26.0. The Morgan fingerprint density at radius 3 is 2.59 bits per heavy atom. The van der Waals surface area contributed by atoms with Crippen molar-refractivity contribution in [3.63, 3.8) is 0 Å². The lowest BCUT2D eigenvalue weighted by Gasteiger charge is -2.24. The fraction of sp³-hybridized carbons (Fsp3) is 0.344. The van der Waals surface area contributed by atoms with E-state index in [1.165, 1.54) is 19.6 Å². The molecule has 12 heteroatoms. The van der Waals surface area contributed by atoms with Gasteiger partial charge in [-0.25, -0.2) is 9.71 Å². The van der Waals surface area contributed by atoms with Gasteiger partial charge in [0.1, 0.15) is 29.3 Å². The minimum Gasteiger partial charge on any atom is -0.593 e. The number of allylic oxidation sites excluding steroid dienone is 1. The van der Waals surface area contributed by atoms with Gasteiger partial charge in [0, 0.05) is 24.1 Å². The van der Waals surface area contributed by atoms with E-state index in [1.807, 2.05) is 37.3 Å². The van der Waals surface area contributed by atoms with Crippen LogP contribution < -0.4 is 31.1 Å². The number of amidine groups is 1. The van der Waals surface area contributed by atoms with Gasteiger partial charge < -0.3 is 35.7 Å². The SMILES string of the molecule is C=C/N=C1/C=CC(NC2CCOC2)=N/C1=C(/N)Nc1cc(C(=O)Nc2cc(C(C)(C)C)cc(N[S+](C)[O-])c2OC)ccc1C. The Kier molecular flexibility index (Phi) is 10.4. The van der Waals surface area contributed by atoms with Gasteiger partial charge in [0.15, 0.2) is 5.75 Å². The topological polar surface area (TPSA) is 157 Å². The van der Waals surface area contributed by atoms with Crippen LogP contribution >= 0.6 is 0 Å². The summed E-state index contributed by atoms with van der Waals surface area (Å²) >= 11 is -1.35. The number of dihydropyridines is 1. The Hall–Kier alpha value is -4.26. The number of hydrogen-bond acceptors (Lipinski definition) is 10. The van der Waals surface area contributed by atoms with Crippen molar-refractivity contribution in [1.82, 2.24) is 5.32 Å². The van der Waals surface area contributed by atoms with Gasteiger partial charge in [-0.15, -0.1) is 0 Å². The van der Waals surface area contributed by atoms with Crippen LogP contribution in [0, 0.1) is 6.92 Å². The minimum atomic E-state index is -1.35. The molecule has 6 N–H and O–H groups in total. The van der Waals surface area contributed by atoms with E-state index in [9.17, 15) is 9.35 Å². The third kappa shape index (κ3) is 8.01. The van der Waals surface area contributed by atoms with E-state index < -0.39 is 11.4 Å². The quantitative estimate of drug-likeness (QED) is 0.252. The first-order valence-corrected chi connectivity index (χ1v) is 15.8. The molecular formula is C32H41N7O4S. The van der Waals surface area contributed by atoms with Crippen molar-refractivity contribution in [3.05, 3.63) is 83.5 Å². The number of nitrogens with zero attached hydrogens (tertiary/aromatic N) is 2. The number of hydrogen-bond donors (Lipinski definition) is 5. The number of anilines is 3. The van der Waals surface area contributed by atoms with Crippen LogP contribution in [0.1, 0.15) is 48.7 Å². The molecular weight excluding hydrogens is 578 g/mol. The van der Waals surface area contributed by atoms with E-state index in [4.69, 9.17) is 20.2 Å². The lowest BCUT2D eigenvalue weighted by Crippen LogP contribution is -2.35. The van der Waals surface area contributed by atoms with E-state index in [0.717, 1.165) is 17.5 Å². The molecule has 234 valence electrons. The average molecular weight is 620 g/mol. The van der Waals surface area contributed by atoms with Crippen molar-refractivity contribution >= 4 is 45.9 Å². The van der Waals surface area contributed by atoms with E-state index in [-0.39, 0.29) is 23.2 Å². The van der Waals surface area contributed by atoms with Gasteiger partial charge in [-0.1, -0.05) is 33.4 Å². The highest BCUT2D eigenvalue weighted by atomic mass is 32.2. The lowest BCUT2D eigenvalue weighted by molar-refractivity contribution is 0.102. The van der Waals surface area contributed by atoms with Crippen molar-refractivity contribution in [1.29, 1.82) is 0 Å². The molecule has 44 heavy (non-hydrogen) atoms. The average Bonchev–Trinajstić information content (AvgIpc) is 3.47. The molecule has 1 fully saturated rings. The molecule has 0 spiro atoms. The summed E-state index contributed by atoms with van der Waals surface area (Å²) in [6.07, 6.45) is 7.53. The molecule has 2 aromatic rings. The van der Waals surface area contributed by atoms with Crippen LogP contribution in [0.15, 0.2) is 76.8 Å². The number of aryl methyl sites for hydroxylation is 1. The molecule has 2 unspecified atom stereocenters. The van der Waals surface area contributed by atoms with Gasteiger partial charge in [0.2, 0.25) is 0 Å². The summed E-state index contributed by atoms with van der Waals surface area (Å²) in [5.41, 5.74) is 11.1. The van der Waals surface area contributed by atoms with Crippen LogP contribution in [-0.4, -0.2) is 54.6 Å². The molecule has 2 aliphatic heterocycles. The minimum absolute atomic E-state index is 0.169. The summed E-state index contributed by atoms with van der Waals surface area (Å²) in [4.78, 5) is 22.6. The first-order valence-electron chi connectivity index (χ1n) is 14.2. The zero-order chi connectivity index (χ0) is 32.0. The number of nitrogens with two attached hydrogens (primary N) is 1. The fourth-order valence-corrected chi connectivity index (χ4v) is 5.15. The number of aliphatic imine (C=N–C) groups is 2. The van der Waals surface area contributed by atoms with Crippen LogP contribution in [0.3, 0.4) is 0 Å². The molecule has 2 aliphatic rings. The number of amides is 1. The molecule has 0 aliphatic carbocycles. The molecule has 1 amide bonds. The lowest BCUT2D eigenvalue weighted by atomic mass is 9.86. The largest absolute Gasteiger partial charge is 0.593 e. The first-order chi connectivity index (χ1) is 20.9. The molecule has 11 nitrogen and oxygen atoms in total. The third-order valence-corrected chi connectivity index (χ3v) is 7.58. The van der Waals surface area contributed by atoms with Gasteiger partial charge >= 0.3 is 0 Å². The monoisotopic (exact) mass is 619 g/mol. The van der Waals surface area contributed by atoms with Gasteiger partial charge in [0.25, 0.3) is 5.91 Å². The van der Waals surface area contributed by atoms with Crippen LogP contribution in [0.2, 0.25) is 0 Å². The molecule has 2 heterocycles. The number of carbonyl (C=O) groups excluding carboxylic acids is 1. The van der Waals surface area contributed by atoms with Crippen molar-refractivity contribution in [2.75, 3.05) is 41.9 Å². The summed E-state index contributed by atoms with van der Waals surface area (Å²) in [5, 5.41) is 9.58. The number of benzene rings is 2. The maximum Gasteiger partial charge on any atom is 0.255 e. The second kappa shape index (κ2) is 14.0. The standard InChI is InChI=1S/C32H41N7O4S/c1-8-34-23-11-12-27(35-22-13-14-43-18-22)38-28(23)30(33)36-24-15-20(10-9-19(24)2)31(40)37-25-16-21(32(3,4)5)17-26(29(25)42-6)39-44(7)41/h8-12,15-17,22,36,39H,1,13-14,18,33H2,2-7H3,(H,35,38)(H,37,40)/b30-28-,34-23-. The fourth-order valence-electron chi connectivity index (χ4n) is 4.69. The van der Waals surface area contributed by atoms with Crippen LogP contribution in [0.25, 0.3) is 0 Å². The second-order valence-corrected chi connectivity index (χ2v) is 12.6. The smallest absolute Gasteiger partial charge is 0.255 e. The van der Waals surface area contributed by atoms with Crippen molar-refractivity contribution < 1.29 is 18.8 Å². The van der Waals surface area contributed by atoms with Crippen LogP contribution in [-0.2, 0) is 21.5 Å². The summed E-state index contributed by atoms with van der Waals surface area (Å²) in [7, 11) is 1.50. The highest BCUT2D eigenvalue weighted by molar-refractivity contribution is 7.92. The predicted octanol–water partition coefficient (Wildman–Crippen LogP) is 4.73. The molecule has 0 bridgehead atoms. The number of ether oxygens (including phenoxy) is 2. The highest BCUT2D eigenvalue weighted by Gasteiger charge is 2.23. The molecule has 0 aromatic heterocycles. The van der Waals surface area contributed by atoms with Crippen LogP contribution in [0.5, 0.6) is 5.75 Å². The Balaban J connectivity index is 1.64. The van der Waals surface area contributed by atoms with Crippen LogP contribution in [0.4, 0.5) is 17.1 Å². The van der Waals surface area contributed by atoms with Gasteiger partial charge in [-0.2, -0.15) is 0 Å². The number of rotatable bonds is 9. The van der Waals surface area contributed by atoms with E-state index >= 15 is 0 Å². The number of methoxy groups -OCH3 is 1. The normalized spacial score (nSPS) is 19.2. The molecule has 1 saturated heterocycles. The van der Waals surface area contributed by atoms with Crippen molar-refractivity contribution in [3.8, 4) is 5.75 Å². The third-order valence-electron chi connectivity index (χ3n) is 7.07. The summed E-state index contributed by atoms with van der Waals surface area (Å²) < 4.78 is 26.0.